The van der Waals surface area contributed by atoms with Crippen molar-refractivity contribution in [1.82, 2.24) is 4.98 Å². The molecule has 1 aromatic carbocycles. The number of rotatable bonds is 4. The van der Waals surface area contributed by atoms with Gasteiger partial charge in [-0.1, -0.05) is 0 Å². The van der Waals surface area contributed by atoms with Gasteiger partial charge in [0.25, 0.3) is 0 Å². The molecule has 2 rings (SSSR count). The predicted molar refractivity (Wildman–Crippen MR) is 62.9 cm³/mol. The van der Waals surface area contributed by atoms with Crippen molar-refractivity contribution in [2.24, 2.45) is 0 Å². The molecule has 0 atom stereocenters. The SMILES string of the molecule is OCCCc1nc(-c2ccc(F)cc2)cs1. The lowest BCUT2D eigenvalue weighted by Gasteiger charge is -1.95. The normalized spacial score (nSPS) is 10.6. The molecule has 0 aliphatic heterocycles. The van der Waals surface area contributed by atoms with Crippen LogP contribution in [0, 0.1) is 5.82 Å². The van der Waals surface area contributed by atoms with Crippen molar-refractivity contribution in [2.45, 2.75) is 12.8 Å². The van der Waals surface area contributed by atoms with Crippen molar-refractivity contribution in [1.29, 1.82) is 0 Å². The predicted octanol–water partition coefficient (Wildman–Crippen LogP) is 2.87. The monoisotopic (exact) mass is 237 g/mol. The summed E-state index contributed by atoms with van der Waals surface area (Å²) in [5.74, 6) is -0.237. The van der Waals surface area contributed by atoms with Gasteiger partial charge in [0.15, 0.2) is 0 Å². The smallest absolute Gasteiger partial charge is 0.123 e. The average Bonchev–Trinajstić information content (AvgIpc) is 2.76. The Hall–Kier alpha value is -1.26. The van der Waals surface area contributed by atoms with E-state index in [9.17, 15) is 4.39 Å². The molecule has 16 heavy (non-hydrogen) atoms. The van der Waals surface area contributed by atoms with Gasteiger partial charge in [0.05, 0.1) is 10.7 Å². The number of aromatic nitrogens is 1. The highest BCUT2D eigenvalue weighted by Gasteiger charge is 2.04. The summed E-state index contributed by atoms with van der Waals surface area (Å²) in [4.78, 5) is 4.43. The highest BCUT2D eigenvalue weighted by molar-refractivity contribution is 7.09. The number of halogens is 1. The summed E-state index contributed by atoms with van der Waals surface area (Å²) in [6, 6.07) is 6.31. The number of hydrogen-bond donors (Lipinski definition) is 1. The van der Waals surface area contributed by atoms with E-state index in [-0.39, 0.29) is 12.4 Å². The zero-order valence-electron chi connectivity index (χ0n) is 8.69. The van der Waals surface area contributed by atoms with Crippen molar-refractivity contribution in [3.8, 4) is 11.3 Å². The first kappa shape index (κ1) is 11.2. The first-order valence-corrected chi connectivity index (χ1v) is 5.99. The van der Waals surface area contributed by atoms with Gasteiger partial charge in [-0.05, 0) is 30.7 Å². The van der Waals surface area contributed by atoms with Crippen LogP contribution >= 0.6 is 11.3 Å². The first-order chi connectivity index (χ1) is 7.79. The van der Waals surface area contributed by atoms with Crippen LogP contribution in [0.15, 0.2) is 29.6 Å². The average molecular weight is 237 g/mol. The van der Waals surface area contributed by atoms with E-state index < -0.39 is 0 Å². The van der Waals surface area contributed by atoms with Crippen LogP contribution in [-0.2, 0) is 6.42 Å². The molecule has 0 unspecified atom stereocenters. The molecule has 0 aliphatic rings. The van der Waals surface area contributed by atoms with Crippen LogP contribution in [0.5, 0.6) is 0 Å². The fraction of sp³-hybridized carbons (Fsp3) is 0.250. The Bertz CT molecular complexity index is 452. The van der Waals surface area contributed by atoms with Crippen molar-refractivity contribution < 1.29 is 9.50 Å². The molecule has 0 aliphatic carbocycles. The molecule has 0 saturated heterocycles. The van der Waals surface area contributed by atoms with Crippen LogP contribution in [0.1, 0.15) is 11.4 Å². The van der Waals surface area contributed by atoms with Crippen LogP contribution in [0.3, 0.4) is 0 Å². The molecule has 0 spiro atoms. The van der Waals surface area contributed by atoms with Gasteiger partial charge in [-0.3, -0.25) is 0 Å². The third kappa shape index (κ3) is 2.65. The maximum Gasteiger partial charge on any atom is 0.123 e. The van der Waals surface area contributed by atoms with Crippen molar-refractivity contribution in [3.63, 3.8) is 0 Å². The van der Waals surface area contributed by atoms with E-state index in [0.717, 1.165) is 29.1 Å². The van der Waals surface area contributed by atoms with E-state index >= 15 is 0 Å². The molecule has 2 nitrogen and oxygen atoms in total. The van der Waals surface area contributed by atoms with Gasteiger partial charge >= 0.3 is 0 Å². The van der Waals surface area contributed by atoms with Gasteiger partial charge in [0.1, 0.15) is 5.82 Å². The van der Waals surface area contributed by atoms with Crippen molar-refractivity contribution in [2.75, 3.05) is 6.61 Å². The number of thiazole rings is 1. The summed E-state index contributed by atoms with van der Waals surface area (Å²) in [7, 11) is 0. The van der Waals surface area contributed by atoms with Crippen LogP contribution in [0.2, 0.25) is 0 Å². The van der Waals surface area contributed by atoms with E-state index in [2.05, 4.69) is 4.98 Å². The summed E-state index contributed by atoms with van der Waals surface area (Å²) in [6.45, 7) is 0.186. The third-order valence-corrected chi connectivity index (χ3v) is 3.15. The molecule has 0 saturated carbocycles. The second-order valence-electron chi connectivity index (χ2n) is 3.46. The number of aliphatic hydroxyl groups excluding tert-OH is 1. The minimum Gasteiger partial charge on any atom is -0.396 e. The number of nitrogens with zero attached hydrogens (tertiary/aromatic N) is 1. The van der Waals surface area contributed by atoms with E-state index in [4.69, 9.17) is 5.11 Å². The Morgan fingerprint density at radius 1 is 1.25 bits per heavy atom. The Kier molecular flexibility index (Phi) is 3.64. The largest absolute Gasteiger partial charge is 0.396 e. The lowest BCUT2D eigenvalue weighted by molar-refractivity contribution is 0.288. The molecule has 0 bridgehead atoms. The number of aliphatic hydroxyl groups is 1. The van der Waals surface area contributed by atoms with Crippen LogP contribution in [-0.4, -0.2) is 16.7 Å². The van der Waals surface area contributed by atoms with Gasteiger partial charge in [0.2, 0.25) is 0 Å². The fourth-order valence-electron chi connectivity index (χ4n) is 1.41. The zero-order valence-corrected chi connectivity index (χ0v) is 9.51. The van der Waals surface area contributed by atoms with E-state index in [1.54, 1.807) is 23.5 Å². The minimum atomic E-state index is -0.237. The standard InChI is InChI=1S/C12H12FNOS/c13-10-5-3-9(4-6-10)11-8-16-12(14-11)2-1-7-15/h3-6,8,15H,1-2,7H2. The Morgan fingerprint density at radius 2 is 2.00 bits per heavy atom. The lowest BCUT2D eigenvalue weighted by Crippen LogP contribution is -1.88. The van der Waals surface area contributed by atoms with E-state index in [1.807, 2.05) is 5.38 Å². The summed E-state index contributed by atoms with van der Waals surface area (Å²) in [5.41, 5.74) is 1.80. The first-order valence-electron chi connectivity index (χ1n) is 5.11. The number of hydrogen-bond acceptors (Lipinski definition) is 3. The van der Waals surface area contributed by atoms with Gasteiger partial charge < -0.3 is 5.11 Å². The number of aryl methyl sites for hydroxylation is 1. The summed E-state index contributed by atoms with van der Waals surface area (Å²) in [6.07, 6.45) is 1.53. The molecule has 1 N–H and O–H groups in total. The lowest BCUT2D eigenvalue weighted by atomic mass is 10.2. The number of benzene rings is 1. The molecule has 0 fully saturated rings. The molecular formula is C12H12FNOS. The molecular weight excluding hydrogens is 225 g/mol. The van der Waals surface area contributed by atoms with Gasteiger partial charge in [-0.25, -0.2) is 9.37 Å². The fourth-order valence-corrected chi connectivity index (χ4v) is 2.26. The quantitative estimate of drug-likeness (QED) is 0.887. The maximum absolute atomic E-state index is 12.7. The second-order valence-corrected chi connectivity index (χ2v) is 4.40. The highest BCUT2D eigenvalue weighted by atomic mass is 32.1. The molecule has 2 aromatic rings. The van der Waals surface area contributed by atoms with Gasteiger partial charge in [-0.2, -0.15) is 0 Å². The van der Waals surface area contributed by atoms with E-state index in [1.165, 1.54) is 12.1 Å². The second kappa shape index (κ2) is 5.18. The van der Waals surface area contributed by atoms with Crippen LogP contribution in [0.25, 0.3) is 11.3 Å². The van der Waals surface area contributed by atoms with E-state index in [0.29, 0.717) is 0 Å². The van der Waals surface area contributed by atoms with Crippen LogP contribution < -0.4 is 0 Å². The minimum absolute atomic E-state index is 0.186. The van der Waals surface area contributed by atoms with Crippen molar-refractivity contribution >= 4 is 11.3 Å². The van der Waals surface area contributed by atoms with Gasteiger partial charge in [0, 0.05) is 24.0 Å². The third-order valence-electron chi connectivity index (χ3n) is 2.24. The molecule has 84 valence electrons. The molecule has 1 aromatic heterocycles. The highest BCUT2D eigenvalue weighted by Crippen LogP contribution is 2.22. The Balaban J connectivity index is 2.15. The molecule has 4 heteroatoms. The van der Waals surface area contributed by atoms with Gasteiger partial charge in [-0.15, -0.1) is 11.3 Å². The molecule has 1 heterocycles. The Labute approximate surface area is 97.4 Å². The Morgan fingerprint density at radius 3 is 2.69 bits per heavy atom. The molecule has 0 amide bonds. The van der Waals surface area contributed by atoms with Crippen LogP contribution in [0.4, 0.5) is 4.39 Å². The van der Waals surface area contributed by atoms with Crippen molar-refractivity contribution in [3.05, 3.63) is 40.5 Å². The molecule has 0 radical (unpaired) electrons. The topological polar surface area (TPSA) is 33.1 Å². The zero-order chi connectivity index (χ0) is 11.4. The summed E-state index contributed by atoms with van der Waals surface area (Å²) < 4.78 is 12.7. The summed E-state index contributed by atoms with van der Waals surface area (Å²) in [5, 5.41) is 11.7. The summed E-state index contributed by atoms with van der Waals surface area (Å²) >= 11 is 1.57. The maximum atomic E-state index is 12.7.